The van der Waals surface area contributed by atoms with E-state index in [-0.39, 0.29) is 53.6 Å². The first-order chi connectivity index (χ1) is 19.4. The number of ketones is 1. The molecule has 1 aromatic rings. The standard InChI is InChI=1S/C33H52N2O2.2C2H6N.Zr/c1-30(2,3)24-16-22(28(36)26(18-24)32(7,8)9)20-34-14-15-35(13)21-23-17-25(31(4,5)6)19-27(29(23)37)33(10,11)12;2*1-3-2;/h16-20,34,37H,14-15,21H2,1-13H3;2*1-2H3;/q;2*-1;+3. The molecule has 247 valence electrons. The van der Waals surface area contributed by atoms with Crippen molar-refractivity contribution < 1.29 is 36.1 Å². The van der Waals surface area contributed by atoms with E-state index in [0.29, 0.717) is 24.4 Å². The smallest absolute Gasteiger partial charge is 0.668 e. The molecular formula is C37H64N4O2Zr+. The quantitative estimate of drug-likeness (QED) is 0.232. The van der Waals surface area contributed by atoms with Gasteiger partial charge in [-0.15, -0.1) is 0 Å². The van der Waals surface area contributed by atoms with Gasteiger partial charge in [0.05, 0.1) is 0 Å². The number of phenolic OH excluding ortho intramolecular Hbond substituents is 1. The zero-order valence-corrected chi connectivity index (χ0v) is 33.7. The van der Waals surface area contributed by atoms with E-state index in [1.807, 2.05) is 12.3 Å². The third-order valence-electron chi connectivity index (χ3n) is 6.99. The third kappa shape index (κ3) is 14.7. The SMILES string of the molecule is CN(CCNC=C1C=C(C(C)(C)C)C=C(C(C)(C)C)C1=O)Cc1cc(C(C)(C)C)cc(C(C)(C)C)c1O.C[N-]C.C[N-]C.[Zr+3]. The molecule has 1 radical (unpaired) electrons. The molecule has 0 aromatic heterocycles. The Bertz CT molecular complexity index is 1140. The Morgan fingerprint density at radius 1 is 0.795 bits per heavy atom. The zero-order valence-electron chi connectivity index (χ0n) is 31.2. The second kappa shape index (κ2) is 18.6. The van der Waals surface area contributed by atoms with Gasteiger partial charge in [-0.25, -0.2) is 0 Å². The van der Waals surface area contributed by atoms with Crippen molar-refractivity contribution in [2.75, 3.05) is 48.3 Å². The Morgan fingerprint density at radius 3 is 1.70 bits per heavy atom. The van der Waals surface area contributed by atoms with Crippen LogP contribution in [0.1, 0.15) is 99.8 Å². The number of hydrogen-bond donors (Lipinski definition) is 2. The Balaban J connectivity index is 0. The zero-order chi connectivity index (χ0) is 34.0. The van der Waals surface area contributed by atoms with Gasteiger partial charge in [-0.2, -0.15) is 28.2 Å². The van der Waals surface area contributed by atoms with Crippen LogP contribution in [-0.2, 0) is 48.4 Å². The molecule has 2 N–H and O–H groups in total. The maximum atomic E-state index is 13.2. The molecule has 0 unspecified atom stereocenters. The van der Waals surface area contributed by atoms with Crippen LogP contribution in [0.15, 0.2) is 47.2 Å². The van der Waals surface area contributed by atoms with Gasteiger partial charge in [0, 0.05) is 42.5 Å². The number of aromatic hydroxyl groups is 1. The van der Waals surface area contributed by atoms with Crippen LogP contribution in [0, 0.1) is 10.8 Å². The van der Waals surface area contributed by atoms with E-state index < -0.39 is 0 Å². The summed E-state index contributed by atoms with van der Waals surface area (Å²) in [5, 5.41) is 21.5. The van der Waals surface area contributed by atoms with Crippen LogP contribution >= 0.6 is 0 Å². The number of hydrogen-bond acceptors (Lipinski definition) is 4. The molecule has 1 aromatic carbocycles. The molecule has 0 spiro atoms. The van der Waals surface area contributed by atoms with Gasteiger partial charge < -0.3 is 26.0 Å². The predicted molar refractivity (Wildman–Crippen MR) is 188 cm³/mol. The summed E-state index contributed by atoms with van der Waals surface area (Å²) in [6.45, 7) is 28.0. The molecule has 0 atom stereocenters. The average Bonchev–Trinajstić information content (AvgIpc) is 2.82. The molecule has 0 bridgehead atoms. The minimum absolute atomic E-state index is 0. The van der Waals surface area contributed by atoms with Gasteiger partial charge in [0.15, 0.2) is 5.78 Å². The molecular weight excluding hydrogens is 624 g/mol. The van der Waals surface area contributed by atoms with Gasteiger partial charge >= 0.3 is 26.2 Å². The van der Waals surface area contributed by atoms with Crippen LogP contribution in [0.5, 0.6) is 5.75 Å². The number of benzene rings is 1. The van der Waals surface area contributed by atoms with Crippen molar-refractivity contribution in [2.24, 2.45) is 10.8 Å². The van der Waals surface area contributed by atoms with Gasteiger partial charge in [-0.05, 0) is 51.5 Å². The first kappa shape index (κ1) is 44.6. The molecule has 44 heavy (non-hydrogen) atoms. The molecule has 2 rings (SSSR count). The maximum Gasteiger partial charge on any atom is 3.00 e. The van der Waals surface area contributed by atoms with Gasteiger partial charge in [0.2, 0.25) is 0 Å². The van der Waals surface area contributed by atoms with Crippen LogP contribution in [0.4, 0.5) is 0 Å². The summed E-state index contributed by atoms with van der Waals surface area (Å²) < 4.78 is 0. The van der Waals surface area contributed by atoms with Gasteiger partial charge in [0.25, 0.3) is 0 Å². The van der Waals surface area contributed by atoms with Crippen LogP contribution in [0.3, 0.4) is 0 Å². The summed E-state index contributed by atoms with van der Waals surface area (Å²) in [7, 11) is 9.07. The number of phenols is 1. The Hall–Kier alpha value is -1.53. The number of carbonyl (C=O) groups is 1. The molecule has 0 saturated heterocycles. The summed E-state index contributed by atoms with van der Waals surface area (Å²) in [5.41, 5.74) is 5.54. The number of nitrogens with one attached hydrogen (secondary N) is 1. The van der Waals surface area contributed by atoms with Gasteiger partial charge in [0.1, 0.15) is 5.75 Å². The summed E-state index contributed by atoms with van der Waals surface area (Å²) in [5.74, 6) is 0.497. The first-order valence-corrected chi connectivity index (χ1v) is 15.4. The largest absolute Gasteiger partial charge is 3.00 e. The fourth-order valence-electron chi connectivity index (χ4n) is 4.38. The number of carbonyl (C=O) groups excluding carboxylic acids is 1. The molecule has 1 aliphatic rings. The van der Waals surface area contributed by atoms with Gasteiger partial charge in [-0.3, -0.25) is 4.79 Å². The topological polar surface area (TPSA) is 80.8 Å². The monoisotopic (exact) mass is 686 g/mol. The number of allylic oxidation sites excluding steroid dienone is 5. The summed E-state index contributed by atoms with van der Waals surface area (Å²) >= 11 is 0. The van der Waals surface area contributed by atoms with E-state index in [4.69, 9.17) is 0 Å². The Morgan fingerprint density at radius 2 is 1.30 bits per heavy atom. The number of likely N-dealkylation sites (N-methyl/N-ethyl adjacent to an activating group) is 1. The van der Waals surface area contributed by atoms with Crippen molar-refractivity contribution in [1.82, 2.24) is 10.2 Å². The summed E-state index contributed by atoms with van der Waals surface area (Å²) in [6, 6.07) is 4.31. The predicted octanol–water partition coefficient (Wildman–Crippen LogP) is 8.66. The minimum Gasteiger partial charge on any atom is -0.668 e. The van der Waals surface area contributed by atoms with Crippen molar-refractivity contribution in [2.45, 2.75) is 100 Å². The molecule has 0 fully saturated rings. The number of rotatable bonds is 6. The molecule has 0 heterocycles. The van der Waals surface area contributed by atoms with Crippen LogP contribution in [0.2, 0.25) is 0 Å². The Labute approximate surface area is 290 Å². The normalized spacial score (nSPS) is 15.0. The Kier molecular flexibility index (Phi) is 18.8. The van der Waals surface area contributed by atoms with E-state index in [1.54, 1.807) is 28.2 Å². The molecule has 1 aliphatic carbocycles. The molecule has 0 aliphatic heterocycles. The average molecular weight is 688 g/mol. The van der Waals surface area contributed by atoms with Crippen molar-refractivity contribution in [1.29, 1.82) is 0 Å². The number of Topliss-reactive ketones (excluding diaryl/α,β-unsaturated/α-hetero) is 1. The van der Waals surface area contributed by atoms with E-state index in [9.17, 15) is 9.90 Å². The first-order valence-electron chi connectivity index (χ1n) is 15.4. The van der Waals surface area contributed by atoms with Crippen LogP contribution < -0.4 is 5.32 Å². The molecule has 6 nitrogen and oxygen atoms in total. The summed E-state index contributed by atoms with van der Waals surface area (Å²) in [6.07, 6.45) is 5.98. The number of nitrogens with zero attached hydrogens (tertiary/aromatic N) is 3. The molecule has 7 heteroatoms. The van der Waals surface area contributed by atoms with E-state index in [1.165, 1.54) is 11.1 Å². The van der Waals surface area contributed by atoms with E-state index in [0.717, 1.165) is 23.2 Å². The molecule has 0 amide bonds. The third-order valence-corrected chi connectivity index (χ3v) is 6.99. The minimum atomic E-state index is -0.212. The second-order valence-corrected chi connectivity index (χ2v) is 15.7. The van der Waals surface area contributed by atoms with Crippen molar-refractivity contribution in [3.05, 3.63) is 74.5 Å². The van der Waals surface area contributed by atoms with Crippen molar-refractivity contribution in [3.63, 3.8) is 0 Å². The van der Waals surface area contributed by atoms with Crippen LogP contribution in [-0.4, -0.2) is 64.1 Å². The van der Waals surface area contributed by atoms with Crippen LogP contribution in [0.25, 0.3) is 10.6 Å². The summed E-state index contributed by atoms with van der Waals surface area (Å²) in [4.78, 5) is 15.4. The van der Waals surface area contributed by atoms with Crippen molar-refractivity contribution >= 4 is 5.78 Å². The fourth-order valence-corrected chi connectivity index (χ4v) is 4.38. The maximum absolute atomic E-state index is 13.2. The van der Waals surface area contributed by atoms with E-state index in [2.05, 4.69) is 129 Å². The van der Waals surface area contributed by atoms with Crippen molar-refractivity contribution in [3.8, 4) is 5.75 Å². The molecule has 0 saturated carbocycles. The second-order valence-electron chi connectivity index (χ2n) is 15.7. The fraction of sp³-hybridized carbons (Fsp3) is 0.649. The van der Waals surface area contributed by atoms with E-state index >= 15 is 0 Å². The van der Waals surface area contributed by atoms with Gasteiger partial charge in [-0.1, -0.05) is 101 Å².